The first-order valence-electron chi connectivity index (χ1n) is 6.73. The Hall–Kier alpha value is -1.32. The molecule has 4 nitrogen and oxygen atoms in total. The van der Waals surface area contributed by atoms with Crippen molar-refractivity contribution in [3.8, 4) is 0 Å². The predicted octanol–water partition coefficient (Wildman–Crippen LogP) is 2.37. The number of carbonyl (C=O) groups excluding carboxylic acids is 2. The quantitative estimate of drug-likeness (QED) is 0.724. The Labute approximate surface area is 107 Å². The molecule has 0 radical (unpaired) electrons. The second-order valence-corrected chi connectivity index (χ2v) is 5.01. The molecule has 0 saturated heterocycles. The fourth-order valence-corrected chi connectivity index (χ4v) is 2.79. The number of cyclic esters (lactones) is 1. The highest BCUT2D eigenvalue weighted by Crippen LogP contribution is 2.32. The maximum absolute atomic E-state index is 11.8. The van der Waals surface area contributed by atoms with Crippen molar-refractivity contribution in [1.82, 2.24) is 0 Å². The lowest BCUT2D eigenvalue weighted by molar-refractivity contribution is -0.151. The van der Waals surface area contributed by atoms with Crippen molar-refractivity contribution in [2.24, 2.45) is 5.92 Å². The highest BCUT2D eigenvalue weighted by molar-refractivity contribution is 5.90. The van der Waals surface area contributed by atoms with Crippen LogP contribution in [0.4, 0.5) is 0 Å². The standard InChI is InChI=1S/C14H20O4/c1-10(15)18-13(11-6-3-2-4-7-11)12-8-5-9-17-14(12)16/h8,11,13H,2-7,9H2,1H3. The van der Waals surface area contributed by atoms with Gasteiger partial charge in [-0.2, -0.15) is 0 Å². The molecule has 1 saturated carbocycles. The van der Waals surface area contributed by atoms with Crippen LogP contribution >= 0.6 is 0 Å². The highest BCUT2D eigenvalue weighted by Gasteiger charge is 2.34. The highest BCUT2D eigenvalue weighted by atomic mass is 16.6. The molecule has 1 fully saturated rings. The molecule has 0 aromatic carbocycles. The van der Waals surface area contributed by atoms with Crippen LogP contribution in [0.25, 0.3) is 0 Å². The first-order valence-corrected chi connectivity index (χ1v) is 6.73. The molecule has 1 heterocycles. The van der Waals surface area contributed by atoms with E-state index in [1.54, 1.807) is 0 Å². The van der Waals surface area contributed by atoms with E-state index in [2.05, 4.69) is 0 Å². The zero-order valence-electron chi connectivity index (χ0n) is 10.8. The van der Waals surface area contributed by atoms with Gasteiger partial charge in [0.25, 0.3) is 0 Å². The van der Waals surface area contributed by atoms with Gasteiger partial charge < -0.3 is 9.47 Å². The summed E-state index contributed by atoms with van der Waals surface area (Å²) in [6, 6.07) is 0. The van der Waals surface area contributed by atoms with E-state index in [0.717, 1.165) is 25.7 Å². The third-order valence-electron chi connectivity index (χ3n) is 3.63. The molecule has 2 aliphatic rings. The van der Waals surface area contributed by atoms with Gasteiger partial charge in [0, 0.05) is 19.3 Å². The maximum Gasteiger partial charge on any atom is 0.337 e. The van der Waals surface area contributed by atoms with Crippen molar-refractivity contribution in [3.05, 3.63) is 11.6 Å². The van der Waals surface area contributed by atoms with Gasteiger partial charge in [-0.3, -0.25) is 4.79 Å². The molecule has 0 bridgehead atoms. The van der Waals surface area contributed by atoms with Gasteiger partial charge in [-0.05, 0) is 12.8 Å². The Bertz CT molecular complexity index is 353. The first kappa shape index (κ1) is 13.1. The molecule has 100 valence electrons. The summed E-state index contributed by atoms with van der Waals surface area (Å²) in [7, 11) is 0. The summed E-state index contributed by atoms with van der Waals surface area (Å²) in [5.74, 6) is -0.387. The zero-order chi connectivity index (χ0) is 13.0. The molecule has 0 amide bonds. The van der Waals surface area contributed by atoms with Crippen molar-refractivity contribution >= 4 is 11.9 Å². The van der Waals surface area contributed by atoms with Crippen LogP contribution in [-0.4, -0.2) is 24.6 Å². The van der Waals surface area contributed by atoms with Crippen LogP contribution in [0.2, 0.25) is 0 Å². The molecule has 0 N–H and O–H groups in total. The van der Waals surface area contributed by atoms with Crippen molar-refractivity contribution in [3.63, 3.8) is 0 Å². The number of rotatable bonds is 3. The average Bonchev–Trinajstić information content (AvgIpc) is 2.38. The molecule has 0 aromatic heterocycles. The van der Waals surface area contributed by atoms with Crippen molar-refractivity contribution < 1.29 is 19.1 Å². The third-order valence-corrected chi connectivity index (χ3v) is 3.63. The summed E-state index contributed by atoms with van der Waals surface area (Å²) in [5.41, 5.74) is 0.545. The Kier molecular flexibility index (Phi) is 4.39. The maximum atomic E-state index is 11.8. The predicted molar refractivity (Wildman–Crippen MR) is 65.8 cm³/mol. The van der Waals surface area contributed by atoms with Crippen LogP contribution in [0.15, 0.2) is 11.6 Å². The van der Waals surface area contributed by atoms with Gasteiger partial charge in [0.1, 0.15) is 6.10 Å². The summed E-state index contributed by atoms with van der Waals surface area (Å²) in [4.78, 5) is 23.0. The van der Waals surface area contributed by atoms with E-state index in [1.165, 1.54) is 13.3 Å². The molecule has 1 aliphatic heterocycles. The average molecular weight is 252 g/mol. The van der Waals surface area contributed by atoms with E-state index in [0.29, 0.717) is 18.6 Å². The second-order valence-electron chi connectivity index (χ2n) is 5.01. The number of hydrogen-bond acceptors (Lipinski definition) is 4. The van der Waals surface area contributed by atoms with Crippen molar-refractivity contribution in [1.29, 1.82) is 0 Å². The van der Waals surface area contributed by atoms with E-state index in [4.69, 9.17) is 9.47 Å². The number of hydrogen-bond donors (Lipinski definition) is 0. The van der Waals surface area contributed by atoms with Crippen LogP contribution in [0, 0.1) is 5.92 Å². The van der Waals surface area contributed by atoms with Crippen LogP contribution < -0.4 is 0 Å². The fraction of sp³-hybridized carbons (Fsp3) is 0.714. The van der Waals surface area contributed by atoms with Crippen molar-refractivity contribution in [2.75, 3.05) is 6.61 Å². The van der Waals surface area contributed by atoms with Gasteiger partial charge in [0.05, 0.1) is 12.2 Å². The minimum Gasteiger partial charge on any atom is -0.462 e. The van der Waals surface area contributed by atoms with E-state index in [-0.39, 0.29) is 17.9 Å². The first-order chi connectivity index (χ1) is 8.68. The van der Waals surface area contributed by atoms with Gasteiger partial charge in [-0.1, -0.05) is 25.3 Å². The van der Waals surface area contributed by atoms with Crippen LogP contribution in [-0.2, 0) is 19.1 Å². The molecule has 2 rings (SSSR count). The van der Waals surface area contributed by atoms with E-state index in [9.17, 15) is 9.59 Å². The lowest BCUT2D eigenvalue weighted by Crippen LogP contribution is -2.34. The van der Waals surface area contributed by atoms with Crippen molar-refractivity contribution in [2.45, 2.75) is 51.6 Å². The zero-order valence-corrected chi connectivity index (χ0v) is 10.8. The fourth-order valence-electron chi connectivity index (χ4n) is 2.79. The molecule has 1 unspecified atom stereocenters. The van der Waals surface area contributed by atoms with Crippen LogP contribution in [0.3, 0.4) is 0 Å². The summed E-state index contributed by atoms with van der Waals surface area (Å²) < 4.78 is 10.4. The number of esters is 2. The van der Waals surface area contributed by atoms with E-state index < -0.39 is 6.10 Å². The molecule has 1 atom stereocenters. The summed E-state index contributed by atoms with van der Waals surface area (Å²) in [6.45, 7) is 1.82. The van der Waals surface area contributed by atoms with Crippen LogP contribution in [0.1, 0.15) is 45.4 Å². The molecule has 0 aromatic rings. The topological polar surface area (TPSA) is 52.6 Å². The lowest BCUT2D eigenvalue weighted by atomic mass is 9.82. The molecule has 4 heteroatoms. The SMILES string of the molecule is CC(=O)OC(C1=CCCOC1=O)C1CCCCC1. The summed E-state index contributed by atoms with van der Waals surface area (Å²) in [5, 5.41) is 0. The number of ether oxygens (including phenoxy) is 2. The molecular weight excluding hydrogens is 232 g/mol. The number of carbonyl (C=O) groups is 2. The lowest BCUT2D eigenvalue weighted by Gasteiger charge is -2.31. The minimum absolute atomic E-state index is 0.263. The smallest absolute Gasteiger partial charge is 0.337 e. The van der Waals surface area contributed by atoms with E-state index >= 15 is 0 Å². The normalized spacial score (nSPS) is 22.9. The Morgan fingerprint density at radius 1 is 1.39 bits per heavy atom. The Morgan fingerprint density at radius 2 is 2.11 bits per heavy atom. The largest absolute Gasteiger partial charge is 0.462 e. The van der Waals surface area contributed by atoms with Gasteiger partial charge in [-0.15, -0.1) is 0 Å². The summed E-state index contributed by atoms with van der Waals surface area (Å²) >= 11 is 0. The second kappa shape index (κ2) is 6.03. The third kappa shape index (κ3) is 3.12. The molecule has 0 spiro atoms. The van der Waals surface area contributed by atoms with Crippen LogP contribution in [0.5, 0.6) is 0 Å². The molecular formula is C14H20O4. The summed E-state index contributed by atoms with van der Waals surface area (Å²) in [6.07, 6.45) is 7.73. The minimum atomic E-state index is -0.407. The molecule has 18 heavy (non-hydrogen) atoms. The Balaban J connectivity index is 2.15. The van der Waals surface area contributed by atoms with E-state index in [1.807, 2.05) is 6.08 Å². The monoisotopic (exact) mass is 252 g/mol. The van der Waals surface area contributed by atoms with Gasteiger partial charge >= 0.3 is 11.9 Å². The van der Waals surface area contributed by atoms with Gasteiger partial charge in [-0.25, -0.2) is 4.79 Å². The van der Waals surface area contributed by atoms with Gasteiger partial charge in [0.2, 0.25) is 0 Å². The molecule has 1 aliphatic carbocycles. The Morgan fingerprint density at radius 3 is 2.72 bits per heavy atom. The van der Waals surface area contributed by atoms with Gasteiger partial charge in [0.15, 0.2) is 0 Å².